The highest BCUT2D eigenvalue weighted by atomic mass is 19.1. The van der Waals surface area contributed by atoms with Gasteiger partial charge in [-0.3, -0.25) is 9.69 Å². The van der Waals surface area contributed by atoms with E-state index in [1.807, 2.05) is 0 Å². The number of nitrogens with one attached hydrogen (secondary N) is 1. The van der Waals surface area contributed by atoms with Gasteiger partial charge in [0, 0.05) is 25.2 Å². The van der Waals surface area contributed by atoms with E-state index in [1.54, 1.807) is 6.07 Å². The summed E-state index contributed by atoms with van der Waals surface area (Å²) in [6.45, 7) is 4.94. The number of nitrogens with zero attached hydrogens (tertiary/aromatic N) is 1. The molecule has 1 fully saturated rings. The second kappa shape index (κ2) is 7.95. The molecule has 0 unspecified atom stereocenters. The number of carbonyl (C=O) groups is 1. The lowest BCUT2D eigenvalue weighted by Gasteiger charge is -2.26. The summed E-state index contributed by atoms with van der Waals surface area (Å²) in [7, 11) is 1.39. The summed E-state index contributed by atoms with van der Waals surface area (Å²) >= 11 is 0. The molecule has 0 saturated carbocycles. The molecule has 6 heteroatoms. The van der Waals surface area contributed by atoms with Crippen molar-refractivity contribution in [2.45, 2.75) is 6.42 Å². The van der Waals surface area contributed by atoms with Crippen LogP contribution in [0.25, 0.3) is 0 Å². The zero-order chi connectivity index (χ0) is 15.1. The molecule has 2 rings (SSSR count). The molecule has 0 aliphatic carbocycles. The van der Waals surface area contributed by atoms with Crippen LogP contribution < -0.4 is 10.1 Å². The summed E-state index contributed by atoms with van der Waals surface area (Å²) in [5, 5.41) is 2.80. The van der Waals surface area contributed by atoms with Gasteiger partial charge in [-0.2, -0.15) is 0 Å². The molecule has 116 valence electrons. The largest absolute Gasteiger partial charge is 0.494 e. The average molecular weight is 296 g/mol. The van der Waals surface area contributed by atoms with Crippen LogP contribution >= 0.6 is 0 Å². The molecule has 5 nitrogen and oxygen atoms in total. The van der Waals surface area contributed by atoms with E-state index >= 15 is 0 Å². The van der Waals surface area contributed by atoms with E-state index in [2.05, 4.69) is 10.2 Å². The van der Waals surface area contributed by atoms with Crippen molar-refractivity contribution in [1.82, 2.24) is 10.2 Å². The van der Waals surface area contributed by atoms with E-state index in [0.717, 1.165) is 39.3 Å². The van der Waals surface area contributed by atoms with E-state index in [0.29, 0.717) is 12.1 Å². The van der Waals surface area contributed by atoms with Crippen LogP contribution in [0.15, 0.2) is 18.2 Å². The highest BCUT2D eigenvalue weighted by molar-refractivity contribution is 5.94. The van der Waals surface area contributed by atoms with Crippen molar-refractivity contribution in [2.75, 3.05) is 46.5 Å². The molecule has 0 bridgehead atoms. The van der Waals surface area contributed by atoms with Crippen molar-refractivity contribution in [2.24, 2.45) is 0 Å². The molecule has 1 saturated heterocycles. The number of methoxy groups -OCH3 is 1. The van der Waals surface area contributed by atoms with Crippen LogP contribution in [0.2, 0.25) is 0 Å². The first-order valence-corrected chi connectivity index (χ1v) is 7.12. The van der Waals surface area contributed by atoms with E-state index in [1.165, 1.54) is 19.2 Å². The van der Waals surface area contributed by atoms with Crippen molar-refractivity contribution >= 4 is 5.91 Å². The van der Waals surface area contributed by atoms with Gasteiger partial charge < -0.3 is 14.8 Å². The first kappa shape index (κ1) is 15.7. The quantitative estimate of drug-likeness (QED) is 0.804. The van der Waals surface area contributed by atoms with Crippen molar-refractivity contribution in [3.63, 3.8) is 0 Å². The third kappa shape index (κ3) is 4.68. The topological polar surface area (TPSA) is 50.8 Å². The number of carbonyl (C=O) groups excluding carboxylic acids is 1. The van der Waals surface area contributed by atoms with Crippen LogP contribution in [0, 0.1) is 5.82 Å². The molecule has 1 N–H and O–H groups in total. The minimum absolute atomic E-state index is 0.138. The Bertz CT molecular complexity index is 476. The summed E-state index contributed by atoms with van der Waals surface area (Å²) in [5.41, 5.74) is 0.305. The zero-order valence-corrected chi connectivity index (χ0v) is 12.2. The molecule has 1 aromatic carbocycles. The minimum atomic E-state index is -0.529. The van der Waals surface area contributed by atoms with Gasteiger partial charge in [0.2, 0.25) is 0 Å². The van der Waals surface area contributed by atoms with Gasteiger partial charge in [0.05, 0.1) is 20.3 Å². The normalized spacial score (nSPS) is 15.7. The van der Waals surface area contributed by atoms with Crippen LogP contribution in [0.3, 0.4) is 0 Å². The Morgan fingerprint density at radius 1 is 1.43 bits per heavy atom. The fraction of sp³-hybridized carbons (Fsp3) is 0.533. The number of benzene rings is 1. The van der Waals surface area contributed by atoms with Crippen molar-refractivity contribution in [3.8, 4) is 5.75 Å². The van der Waals surface area contributed by atoms with Crippen molar-refractivity contribution in [1.29, 1.82) is 0 Å². The Morgan fingerprint density at radius 3 is 2.86 bits per heavy atom. The van der Waals surface area contributed by atoms with Crippen LogP contribution in [0.4, 0.5) is 4.39 Å². The van der Waals surface area contributed by atoms with Crippen LogP contribution in [-0.4, -0.2) is 57.3 Å². The molecule has 1 amide bonds. The lowest BCUT2D eigenvalue weighted by atomic mass is 10.2. The first-order chi connectivity index (χ1) is 10.2. The molecular weight excluding hydrogens is 275 g/mol. The number of morpholine rings is 1. The Morgan fingerprint density at radius 2 is 2.19 bits per heavy atom. The van der Waals surface area contributed by atoms with E-state index in [4.69, 9.17) is 9.47 Å². The van der Waals surface area contributed by atoms with Gasteiger partial charge >= 0.3 is 0 Å². The van der Waals surface area contributed by atoms with Crippen molar-refractivity contribution in [3.05, 3.63) is 29.6 Å². The molecular formula is C15H21FN2O3. The van der Waals surface area contributed by atoms with Gasteiger partial charge in [0.15, 0.2) is 11.6 Å². The summed E-state index contributed by atoms with van der Waals surface area (Å²) < 4.78 is 23.6. The Kier molecular flexibility index (Phi) is 5.95. The van der Waals surface area contributed by atoms with Gasteiger partial charge in [-0.1, -0.05) is 0 Å². The molecule has 1 aliphatic rings. The molecule has 1 aromatic rings. The minimum Gasteiger partial charge on any atom is -0.494 e. The van der Waals surface area contributed by atoms with Crippen LogP contribution in [0.1, 0.15) is 16.8 Å². The molecule has 0 spiro atoms. The molecule has 1 heterocycles. The molecule has 0 aromatic heterocycles. The third-order valence-corrected chi connectivity index (χ3v) is 3.45. The molecule has 1 aliphatic heterocycles. The molecule has 0 radical (unpaired) electrons. The predicted molar refractivity (Wildman–Crippen MR) is 77.2 cm³/mol. The zero-order valence-electron chi connectivity index (χ0n) is 12.2. The van der Waals surface area contributed by atoms with Crippen LogP contribution in [-0.2, 0) is 4.74 Å². The van der Waals surface area contributed by atoms with Gasteiger partial charge in [-0.05, 0) is 31.2 Å². The number of hydrogen-bond acceptors (Lipinski definition) is 4. The molecule has 0 atom stereocenters. The highest BCUT2D eigenvalue weighted by Crippen LogP contribution is 2.17. The van der Waals surface area contributed by atoms with Gasteiger partial charge in [-0.15, -0.1) is 0 Å². The second-order valence-electron chi connectivity index (χ2n) is 4.91. The van der Waals surface area contributed by atoms with E-state index in [-0.39, 0.29) is 11.7 Å². The van der Waals surface area contributed by atoms with Crippen LogP contribution in [0.5, 0.6) is 5.75 Å². The first-order valence-electron chi connectivity index (χ1n) is 7.12. The number of halogens is 1. The van der Waals surface area contributed by atoms with Gasteiger partial charge in [0.1, 0.15) is 0 Å². The lowest BCUT2D eigenvalue weighted by molar-refractivity contribution is 0.0374. The smallest absolute Gasteiger partial charge is 0.251 e. The highest BCUT2D eigenvalue weighted by Gasteiger charge is 2.11. The lowest BCUT2D eigenvalue weighted by Crippen LogP contribution is -2.38. The summed E-state index contributed by atoms with van der Waals surface area (Å²) in [6, 6.07) is 4.20. The van der Waals surface area contributed by atoms with E-state index < -0.39 is 5.82 Å². The molecule has 21 heavy (non-hydrogen) atoms. The number of amides is 1. The summed E-state index contributed by atoms with van der Waals surface area (Å²) in [6.07, 6.45) is 0.865. The van der Waals surface area contributed by atoms with Gasteiger partial charge in [-0.25, -0.2) is 4.39 Å². The summed E-state index contributed by atoms with van der Waals surface area (Å²) in [4.78, 5) is 14.2. The number of ether oxygens (including phenoxy) is 2. The third-order valence-electron chi connectivity index (χ3n) is 3.45. The van der Waals surface area contributed by atoms with E-state index in [9.17, 15) is 9.18 Å². The number of hydrogen-bond donors (Lipinski definition) is 1. The maximum absolute atomic E-state index is 13.5. The predicted octanol–water partition coefficient (Wildman–Crippen LogP) is 1.29. The standard InChI is InChI=1S/C15H21FN2O3/c1-20-14-4-3-12(11-13(14)16)15(19)17-5-2-6-18-7-9-21-10-8-18/h3-4,11H,2,5-10H2,1H3,(H,17,19). The Labute approximate surface area is 124 Å². The average Bonchev–Trinajstić information content (AvgIpc) is 2.52. The monoisotopic (exact) mass is 296 g/mol. The SMILES string of the molecule is COc1ccc(C(=O)NCCCN2CCOCC2)cc1F. The summed E-state index contributed by atoms with van der Waals surface area (Å²) in [5.74, 6) is -0.657. The van der Waals surface area contributed by atoms with Gasteiger partial charge in [0.25, 0.3) is 5.91 Å². The van der Waals surface area contributed by atoms with Crippen molar-refractivity contribution < 1.29 is 18.7 Å². The maximum Gasteiger partial charge on any atom is 0.251 e. The Hall–Kier alpha value is -1.66. The Balaban J connectivity index is 1.72. The maximum atomic E-state index is 13.5. The second-order valence-corrected chi connectivity index (χ2v) is 4.91. The fourth-order valence-electron chi connectivity index (χ4n) is 2.24. The fourth-order valence-corrected chi connectivity index (χ4v) is 2.24. The number of rotatable bonds is 6.